The van der Waals surface area contributed by atoms with Gasteiger partial charge in [0.05, 0.1) is 19.3 Å². The predicted molar refractivity (Wildman–Crippen MR) is 113 cm³/mol. The SMILES string of the molecule is O=P(O)(O)CP(=O)(O)OC[C@H]1O[C@@H](n2nnc3c(NC[C@H]4CCOC4)nc(Cl)nc32)C[C@@H]1O. The molecular formula is C15H23ClN6O9P2. The van der Waals surface area contributed by atoms with Crippen molar-refractivity contribution in [1.82, 2.24) is 25.0 Å². The van der Waals surface area contributed by atoms with Crippen LogP contribution in [0.2, 0.25) is 5.28 Å². The molecule has 2 aliphatic heterocycles. The van der Waals surface area contributed by atoms with E-state index in [9.17, 15) is 19.1 Å². The first-order valence-corrected chi connectivity index (χ1v) is 13.9. The van der Waals surface area contributed by atoms with Crippen LogP contribution in [-0.2, 0) is 23.1 Å². The first kappa shape index (κ1) is 24.9. The van der Waals surface area contributed by atoms with Crippen LogP contribution >= 0.6 is 26.8 Å². The highest BCUT2D eigenvalue weighted by molar-refractivity contribution is 7.70. The summed E-state index contributed by atoms with van der Waals surface area (Å²) in [7, 11) is -9.36. The highest BCUT2D eigenvalue weighted by atomic mass is 35.5. The molecule has 0 radical (unpaired) electrons. The quantitative estimate of drug-likeness (QED) is 0.219. The van der Waals surface area contributed by atoms with E-state index in [1.165, 1.54) is 4.68 Å². The van der Waals surface area contributed by atoms with Gasteiger partial charge in [0, 0.05) is 25.5 Å². The molecule has 5 atom stereocenters. The number of fused-ring (bicyclic) bond motifs is 1. The fourth-order valence-electron chi connectivity index (χ4n) is 3.58. The molecule has 4 rings (SSSR count). The number of anilines is 1. The van der Waals surface area contributed by atoms with E-state index in [1.54, 1.807) is 0 Å². The van der Waals surface area contributed by atoms with Gasteiger partial charge in [0.25, 0.3) is 0 Å². The van der Waals surface area contributed by atoms with Gasteiger partial charge >= 0.3 is 15.2 Å². The Bertz CT molecular complexity index is 1090. The molecule has 184 valence electrons. The highest BCUT2D eigenvalue weighted by Gasteiger charge is 2.39. The molecule has 2 aromatic heterocycles. The van der Waals surface area contributed by atoms with E-state index >= 15 is 0 Å². The first-order chi connectivity index (χ1) is 15.5. The van der Waals surface area contributed by atoms with E-state index in [0.29, 0.717) is 37.0 Å². The number of nitrogens with one attached hydrogen (secondary N) is 1. The zero-order chi connectivity index (χ0) is 23.8. The molecule has 0 aromatic carbocycles. The lowest BCUT2D eigenvalue weighted by atomic mass is 10.1. The number of hydrogen-bond acceptors (Lipinski definition) is 11. The Balaban J connectivity index is 1.45. The van der Waals surface area contributed by atoms with Gasteiger partial charge in [0.1, 0.15) is 6.10 Å². The molecule has 0 amide bonds. The number of ether oxygens (including phenoxy) is 2. The summed E-state index contributed by atoms with van der Waals surface area (Å²) < 4.78 is 39.9. The molecule has 0 bridgehead atoms. The maximum Gasteiger partial charge on any atom is 0.340 e. The van der Waals surface area contributed by atoms with Gasteiger partial charge in [0.2, 0.25) is 5.28 Å². The number of halogens is 1. The van der Waals surface area contributed by atoms with E-state index in [1.807, 2.05) is 0 Å². The average Bonchev–Trinajstić information content (AvgIpc) is 3.42. The minimum absolute atomic E-state index is 0.0322. The van der Waals surface area contributed by atoms with Crippen LogP contribution in [0.25, 0.3) is 11.2 Å². The number of hydrogen-bond donors (Lipinski definition) is 5. The second-order valence-corrected chi connectivity index (χ2v) is 12.2. The van der Waals surface area contributed by atoms with E-state index in [-0.39, 0.29) is 17.4 Å². The lowest BCUT2D eigenvalue weighted by molar-refractivity contribution is -0.0440. The molecule has 2 saturated heterocycles. The number of rotatable bonds is 9. The van der Waals surface area contributed by atoms with Crippen molar-refractivity contribution in [1.29, 1.82) is 0 Å². The van der Waals surface area contributed by atoms with Gasteiger partial charge in [-0.2, -0.15) is 14.6 Å². The Morgan fingerprint density at radius 2 is 2.06 bits per heavy atom. The Hall–Kier alpha value is -1.25. The van der Waals surface area contributed by atoms with Crippen molar-refractivity contribution in [2.45, 2.75) is 31.3 Å². The van der Waals surface area contributed by atoms with Crippen molar-refractivity contribution in [3.8, 4) is 0 Å². The van der Waals surface area contributed by atoms with Gasteiger partial charge < -0.3 is 39.1 Å². The largest absolute Gasteiger partial charge is 0.390 e. The standard InChI is InChI=1S/C15H23ClN6O9P2/c16-15-18-13(17-4-8-1-2-29-5-8)12-14(19-15)22(21-20-12)11-3-9(23)10(31-11)6-30-33(27,28)7-32(24,25)26/h8-11,23H,1-7H2,(H,27,28)(H,17,18,19)(H2,24,25,26)/t8-,9+,10-,11-/m1/s1. The highest BCUT2D eigenvalue weighted by Crippen LogP contribution is 2.55. The second kappa shape index (κ2) is 9.78. The maximum absolute atomic E-state index is 11.8. The zero-order valence-electron chi connectivity index (χ0n) is 17.1. The number of aliphatic hydroxyl groups is 1. The molecule has 0 aliphatic carbocycles. The van der Waals surface area contributed by atoms with Crippen molar-refractivity contribution < 1.29 is 42.9 Å². The summed E-state index contributed by atoms with van der Waals surface area (Å²) in [6.07, 6.45) is -2.05. The Morgan fingerprint density at radius 3 is 2.76 bits per heavy atom. The third-order valence-electron chi connectivity index (χ3n) is 5.16. The summed E-state index contributed by atoms with van der Waals surface area (Å²) in [5.74, 6) is -0.621. The van der Waals surface area contributed by atoms with Crippen molar-refractivity contribution in [2.24, 2.45) is 5.92 Å². The van der Waals surface area contributed by atoms with Gasteiger partial charge in [0.15, 0.2) is 29.1 Å². The Kier molecular flexibility index (Phi) is 7.37. The molecule has 4 heterocycles. The summed E-state index contributed by atoms with van der Waals surface area (Å²) >= 11 is 6.08. The molecule has 0 spiro atoms. The van der Waals surface area contributed by atoms with E-state index in [2.05, 4.69) is 25.6 Å². The summed E-state index contributed by atoms with van der Waals surface area (Å²) in [6.45, 7) is 1.39. The molecule has 15 nitrogen and oxygen atoms in total. The van der Waals surface area contributed by atoms with E-state index in [0.717, 1.165) is 6.42 Å². The number of nitrogens with zero attached hydrogens (tertiary/aromatic N) is 5. The van der Waals surface area contributed by atoms with Crippen LogP contribution in [0.3, 0.4) is 0 Å². The molecule has 2 aliphatic rings. The Morgan fingerprint density at radius 1 is 1.27 bits per heavy atom. The second-order valence-electron chi connectivity index (χ2n) is 7.83. The number of aliphatic hydroxyl groups excluding tert-OH is 1. The third-order valence-corrected chi connectivity index (χ3v) is 8.78. The van der Waals surface area contributed by atoms with Gasteiger partial charge in [-0.1, -0.05) is 5.21 Å². The van der Waals surface area contributed by atoms with Crippen LogP contribution in [0.5, 0.6) is 0 Å². The van der Waals surface area contributed by atoms with Crippen molar-refractivity contribution in [2.75, 3.05) is 37.6 Å². The van der Waals surface area contributed by atoms with Crippen molar-refractivity contribution in [3.63, 3.8) is 0 Å². The first-order valence-electron chi connectivity index (χ1n) is 9.95. The van der Waals surface area contributed by atoms with E-state index < -0.39 is 46.1 Å². The summed E-state index contributed by atoms with van der Waals surface area (Å²) in [4.78, 5) is 35.7. The van der Waals surface area contributed by atoms with Crippen molar-refractivity contribution >= 4 is 43.8 Å². The molecule has 2 aromatic rings. The molecule has 5 N–H and O–H groups in total. The van der Waals surface area contributed by atoms with Crippen LogP contribution in [0.15, 0.2) is 0 Å². The monoisotopic (exact) mass is 528 g/mol. The lowest BCUT2D eigenvalue weighted by Gasteiger charge is -2.18. The van der Waals surface area contributed by atoms with E-state index in [4.69, 9.17) is 35.4 Å². The van der Waals surface area contributed by atoms with Crippen LogP contribution < -0.4 is 5.32 Å². The molecule has 18 heteroatoms. The van der Waals surface area contributed by atoms with Crippen LogP contribution in [0.4, 0.5) is 5.82 Å². The summed E-state index contributed by atoms with van der Waals surface area (Å²) in [6, 6.07) is 0. The van der Waals surface area contributed by atoms with Gasteiger partial charge in [-0.05, 0) is 18.0 Å². The van der Waals surface area contributed by atoms with Crippen LogP contribution in [0, 0.1) is 5.92 Å². The normalized spacial score (nSPS) is 27.8. The molecule has 0 saturated carbocycles. The minimum Gasteiger partial charge on any atom is -0.390 e. The molecule has 33 heavy (non-hydrogen) atoms. The summed E-state index contributed by atoms with van der Waals surface area (Å²) in [5, 5.41) is 21.6. The van der Waals surface area contributed by atoms with Gasteiger partial charge in [-0.15, -0.1) is 5.10 Å². The molecule has 1 unspecified atom stereocenters. The molecule has 2 fully saturated rings. The van der Waals surface area contributed by atoms with Crippen molar-refractivity contribution in [3.05, 3.63) is 5.28 Å². The lowest BCUT2D eigenvalue weighted by Crippen LogP contribution is -2.26. The van der Waals surface area contributed by atoms with Gasteiger partial charge in [-0.3, -0.25) is 9.13 Å². The topological polar surface area (TPSA) is 211 Å². The Labute approximate surface area is 192 Å². The zero-order valence-corrected chi connectivity index (χ0v) is 19.6. The number of aromatic nitrogens is 5. The fraction of sp³-hybridized carbons (Fsp3) is 0.733. The fourth-order valence-corrected chi connectivity index (χ4v) is 6.32. The van der Waals surface area contributed by atoms with Crippen LogP contribution in [-0.4, -0.2) is 89.2 Å². The smallest absolute Gasteiger partial charge is 0.340 e. The average molecular weight is 529 g/mol. The van der Waals surface area contributed by atoms with Crippen LogP contribution in [0.1, 0.15) is 19.1 Å². The molecular weight excluding hydrogens is 506 g/mol. The third kappa shape index (κ3) is 6.25. The minimum atomic E-state index is -4.77. The summed E-state index contributed by atoms with van der Waals surface area (Å²) in [5.41, 5.74) is 0.603. The predicted octanol–water partition coefficient (Wildman–Crippen LogP) is 0.309. The van der Waals surface area contributed by atoms with Gasteiger partial charge in [-0.25, -0.2) is 0 Å². The maximum atomic E-state index is 11.8.